The highest BCUT2D eigenvalue weighted by atomic mass is 16.2. The number of amides is 2. The first kappa shape index (κ1) is 15.8. The lowest BCUT2D eigenvalue weighted by Gasteiger charge is -2.37. The van der Waals surface area contributed by atoms with Gasteiger partial charge in [0.1, 0.15) is 0 Å². The monoisotopic (exact) mass is 310 g/mol. The number of carbonyl (C=O) groups is 2. The van der Waals surface area contributed by atoms with E-state index in [9.17, 15) is 9.59 Å². The van der Waals surface area contributed by atoms with Crippen LogP contribution < -0.4 is 0 Å². The van der Waals surface area contributed by atoms with Crippen LogP contribution in [0.15, 0.2) is 24.3 Å². The van der Waals surface area contributed by atoms with Gasteiger partial charge in [0.05, 0.1) is 24.2 Å². The number of rotatable bonds is 2. The third kappa shape index (κ3) is 3.02. The van der Waals surface area contributed by atoms with Crippen LogP contribution in [0.3, 0.4) is 0 Å². The topological polar surface area (TPSA) is 40.6 Å². The van der Waals surface area contributed by atoms with Crippen molar-refractivity contribution < 1.29 is 9.59 Å². The summed E-state index contributed by atoms with van der Waals surface area (Å²) in [5, 5.41) is 0. The van der Waals surface area contributed by atoms with Crippen molar-refractivity contribution in [3.63, 3.8) is 0 Å². The summed E-state index contributed by atoms with van der Waals surface area (Å²) in [5.41, 5.74) is 0.968. The number of piperidine rings is 1. The molecule has 1 saturated heterocycles. The Balaban J connectivity index is 1.62. The Hall–Kier alpha value is -2.12. The van der Waals surface area contributed by atoms with Gasteiger partial charge in [0.2, 0.25) is 0 Å². The zero-order chi connectivity index (χ0) is 16.4. The molecular weight excluding hydrogens is 288 g/mol. The van der Waals surface area contributed by atoms with Crippen molar-refractivity contribution in [3.05, 3.63) is 35.4 Å². The highest BCUT2D eigenvalue weighted by Crippen LogP contribution is 2.22. The Bertz CT molecular complexity index is 641. The minimum absolute atomic E-state index is 0.170. The maximum Gasteiger partial charge on any atom is 0.262 e. The van der Waals surface area contributed by atoms with Gasteiger partial charge >= 0.3 is 0 Å². The molecule has 1 aromatic carbocycles. The van der Waals surface area contributed by atoms with Crippen LogP contribution in [0.1, 0.15) is 53.8 Å². The maximum absolute atomic E-state index is 12.2. The van der Waals surface area contributed by atoms with Crippen molar-refractivity contribution in [2.24, 2.45) is 0 Å². The second-order valence-electron chi connectivity index (χ2n) is 6.40. The van der Waals surface area contributed by atoms with Gasteiger partial charge in [0.25, 0.3) is 11.8 Å². The second kappa shape index (κ2) is 6.55. The van der Waals surface area contributed by atoms with E-state index in [0.717, 1.165) is 0 Å². The molecule has 120 valence electrons. The molecule has 4 nitrogen and oxygen atoms in total. The molecule has 2 heterocycles. The van der Waals surface area contributed by atoms with E-state index < -0.39 is 0 Å². The Kier molecular flexibility index (Phi) is 4.49. The lowest BCUT2D eigenvalue weighted by atomic mass is 9.98. The van der Waals surface area contributed by atoms with E-state index >= 15 is 0 Å². The summed E-state index contributed by atoms with van der Waals surface area (Å²) in [6.07, 6.45) is 3.70. The Morgan fingerprint density at radius 3 is 2.04 bits per heavy atom. The number of hydrogen-bond donors (Lipinski definition) is 0. The molecule has 3 rings (SSSR count). The molecule has 0 N–H and O–H groups in total. The van der Waals surface area contributed by atoms with Crippen LogP contribution in [0.2, 0.25) is 0 Å². The summed E-state index contributed by atoms with van der Waals surface area (Å²) in [7, 11) is 0. The number of benzene rings is 1. The summed E-state index contributed by atoms with van der Waals surface area (Å²) in [5.74, 6) is 5.67. The fourth-order valence-electron chi connectivity index (χ4n) is 3.45. The summed E-state index contributed by atoms with van der Waals surface area (Å²) in [4.78, 5) is 28.1. The average Bonchev–Trinajstić information content (AvgIpc) is 2.79. The third-order valence-corrected chi connectivity index (χ3v) is 4.88. The first-order valence-electron chi connectivity index (χ1n) is 8.26. The standard InChI is InChI=1S/C19H22N2O2/c1-14-8-7-9-15(2)20(14)12-5-6-13-21-18(22)16-10-3-4-11-17(16)19(21)23/h3-4,10-11,14-15H,7-9,12-13H2,1-2H3. The molecule has 0 spiro atoms. The van der Waals surface area contributed by atoms with Crippen LogP contribution in [0.25, 0.3) is 0 Å². The molecule has 0 aromatic heterocycles. The van der Waals surface area contributed by atoms with Gasteiger partial charge in [0.15, 0.2) is 0 Å². The van der Waals surface area contributed by atoms with Crippen LogP contribution in [0.5, 0.6) is 0 Å². The molecule has 2 atom stereocenters. The molecule has 0 saturated carbocycles. The van der Waals surface area contributed by atoms with E-state index in [1.165, 1.54) is 24.2 Å². The van der Waals surface area contributed by atoms with E-state index in [0.29, 0.717) is 29.8 Å². The summed E-state index contributed by atoms with van der Waals surface area (Å²) >= 11 is 0. The zero-order valence-electron chi connectivity index (χ0n) is 13.7. The van der Waals surface area contributed by atoms with Gasteiger partial charge in [-0.1, -0.05) is 30.4 Å². The number of nitrogens with zero attached hydrogens (tertiary/aromatic N) is 2. The van der Waals surface area contributed by atoms with Crippen molar-refractivity contribution in [3.8, 4) is 11.8 Å². The van der Waals surface area contributed by atoms with Crippen molar-refractivity contribution in [2.45, 2.75) is 45.2 Å². The molecule has 2 unspecified atom stereocenters. The fraction of sp³-hybridized carbons (Fsp3) is 0.474. The van der Waals surface area contributed by atoms with Crippen molar-refractivity contribution in [1.82, 2.24) is 9.80 Å². The van der Waals surface area contributed by atoms with Crippen molar-refractivity contribution in [1.29, 1.82) is 0 Å². The highest BCUT2D eigenvalue weighted by molar-refractivity contribution is 6.21. The summed E-state index contributed by atoms with van der Waals surface area (Å²) < 4.78 is 0. The minimum Gasteiger partial charge on any atom is -0.287 e. The first-order valence-corrected chi connectivity index (χ1v) is 8.26. The number of fused-ring (bicyclic) bond motifs is 1. The Morgan fingerprint density at radius 1 is 0.957 bits per heavy atom. The maximum atomic E-state index is 12.2. The van der Waals surface area contributed by atoms with Gasteiger partial charge in [-0.05, 0) is 38.8 Å². The molecule has 2 aliphatic heterocycles. The number of likely N-dealkylation sites (tertiary alicyclic amines) is 1. The van der Waals surface area contributed by atoms with Gasteiger partial charge in [-0.15, -0.1) is 0 Å². The average molecular weight is 310 g/mol. The highest BCUT2D eigenvalue weighted by Gasteiger charge is 2.34. The fourth-order valence-corrected chi connectivity index (χ4v) is 3.45. The van der Waals surface area contributed by atoms with Crippen LogP contribution in [0, 0.1) is 11.8 Å². The summed E-state index contributed by atoms with van der Waals surface area (Å²) in [6.45, 7) is 5.34. The predicted octanol–water partition coefficient (Wildman–Crippen LogP) is 2.55. The van der Waals surface area contributed by atoms with E-state index in [1.54, 1.807) is 24.3 Å². The Morgan fingerprint density at radius 2 is 1.48 bits per heavy atom. The molecule has 0 aliphatic carbocycles. The van der Waals surface area contributed by atoms with Gasteiger partial charge in [-0.3, -0.25) is 19.4 Å². The number of carbonyl (C=O) groups excluding carboxylic acids is 2. The van der Waals surface area contributed by atoms with Crippen LogP contribution in [-0.2, 0) is 0 Å². The lowest BCUT2D eigenvalue weighted by molar-refractivity contribution is 0.0674. The third-order valence-electron chi connectivity index (χ3n) is 4.88. The molecule has 23 heavy (non-hydrogen) atoms. The molecule has 2 amide bonds. The molecule has 0 bridgehead atoms. The largest absolute Gasteiger partial charge is 0.287 e. The number of imide groups is 1. The molecular formula is C19H22N2O2. The SMILES string of the molecule is CC1CCCC(C)N1CC#CCN1C(=O)c2ccccc2C1=O. The van der Waals surface area contributed by atoms with E-state index in [-0.39, 0.29) is 18.4 Å². The quantitative estimate of drug-likeness (QED) is 0.622. The van der Waals surface area contributed by atoms with Crippen molar-refractivity contribution in [2.75, 3.05) is 13.1 Å². The lowest BCUT2D eigenvalue weighted by Crippen LogP contribution is -2.43. The summed E-state index contributed by atoms with van der Waals surface area (Å²) in [6, 6.07) is 8.04. The normalized spacial score (nSPS) is 24.3. The van der Waals surface area contributed by atoms with Crippen LogP contribution in [0.4, 0.5) is 0 Å². The zero-order valence-corrected chi connectivity index (χ0v) is 13.7. The van der Waals surface area contributed by atoms with E-state index in [1.807, 2.05) is 0 Å². The minimum atomic E-state index is -0.236. The second-order valence-corrected chi connectivity index (χ2v) is 6.40. The smallest absolute Gasteiger partial charge is 0.262 e. The molecule has 0 radical (unpaired) electrons. The van der Waals surface area contributed by atoms with Crippen LogP contribution in [-0.4, -0.2) is 46.8 Å². The first-order chi connectivity index (χ1) is 11.1. The van der Waals surface area contributed by atoms with Gasteiger partial charge in [-0.25, -0.2) is 0 Å². The molecule has 1 aromatic rings. The van der Waals surface area contributed by atoms with Crippen molar-refractivity contribution >= 4 is 11.8 Å². The molecule has 2 aliphatic rings. The van der Waals surface area contributed by atoms with Gasteiger partial charge in [0, 0.05) is 12.1 Å². The van der Waals surface area contributed by atoms with E-state index in [4.69, 9.17) is 0 Å². The van der Waals surface area contributed by atoms with Crippen LogP contribution >= 0.6 is 0 Å². The van der Waals surface area contributed by atoms with Gasteiger partial charge in [-0.2, -0.15) is 0 Å². The molecule has 1 fully saturated rings. The van der Waals surface area contributed by atoms with Gasteiger partial charge < -0.3 is 0 Å². The Labute approximate surface area is 137 Å². The predicted molar refractivity (Wildman–Crippen MR) is 89.1 cm³/mol. The molecule has 4 heteroatoms. The van der Waals surface area contributed by atoms with E-state index in [2.05, 4.69) is 30.6 Å². The number of hydrogen-bond acceptors (Lipinski definition) is 3.